The maximum atomic E-state index is 12.1. The van der Waals surface area contributed by atoms with Crippen molar-refractivity contribution in [2.24, 2.45) is 0 Å². The second-order valence-electron chi connectivity index (χ2n) is 3.37. The lowest BCUT2D eigenvalue weighted by molar-refractivity contribution is -0.175. The maximum Gasteiger partial charge on any atom is 0.411 e. The van der Waals surface area contributed by atoms with E-state index in [0.29, 0.717) is 4.90 Å². The molecule has 0 spiro atoms. The molecule has 0 heterocycles. The summed E-state index contributed by atoms with van der Waals surface area (Å²) in [6.07, 6.45) is -7.70. The van der Waals surface area contributed by atoms with Crippen molar-refractivity contribution < 1.29 is 36.6 Å². The van der Waals surface area contributed by atoms with Crippen molar-refractivity contribution in [3.63, 3.8) is 0 Å². The predicted octanol–water partition coefficient (Wildman–Crippen LogP) is 1.04. The van der Waals surface area contributed by atoms with Gasteiger partial charge in [-0.2, -0.15) is 13.2 Å². The molecule has 0 bridgehead atoms. The first-order valence-electron chi connectivity index (χ1n) is 5.07. The smallest absolute Gasteiger partial charge is 0.395 e. The lowest BCUT2D eigenvalue weighted by atomic mass is 10.3. The third-order valence-electron chi connectivity index (χ3n) is 1.81. The van der Waals surface area contributed by atoms with Crippen molar-refractivity contribution in [3.05, 3.63) is 0 Å². The van der Waals surface area contributed by atoms with E-state index in [1.807, 2.05) is 0 Å². The molecule has 0 fully saturated rings. The van der Waals surface area contributed by atoms with Crippen LogP contribution in [0.1, 0.15) is 6.42 Å². The number of hydrogen-bond donors (Lipinski definition) is 1. The average molecular weight is 279 g/mol. The number of aliphatic hydroxyl groups is 1. The van der Waals surface area contributed by atoms with Crippen LogP contribution in [-0.4, -0.2) is 61.4 Å². The van der Waals surface area contributed by atoms with Gasteiger partial charge in [0.05, 0.1) is 26.2 Å². The zero-order valence-electron chi connectivity index (χ0n) is 9.42. The van der Waals surface area contributed by atoms with E-state index in [0.717, 1.165) is 0 Å². The van der Waals surface area contributed by atoms with Gasteiger partial charge in [0, 0.05) is 6.54 Å². The summed E-state index contributed by atoms with van der Waals surface area (Å²) < 4.78 is 63.3. The van der Waals surface area contributed by atoms with Crippen LogP contribution < -0.4 is 0 Å². The van der Waals surface area contributed by atoms with Crippen LogP contribution in [0.25, 0.3) is 0 Å². The molecule has 0 saturated heterocycles. The molecule has 0 aromatic rings. The minimum Gasteiger partial charge on any atom is -0.395 e. The van der Waals surface area contributed by atoms with Gasteiger partial charge < -0.3 is 14.7 Å². The Morgan fingerprint density at radius 1 is 1.33 bits per heavy atom. The Bertz CT molecular complexity index is 247. The Hall–Kier alpha value is -0.960. The van der Waals surface area contributed by atoms with Crippen LogP contribution >= 0.6 is 0 Å². The van der Waals surface area contributed by atoms with Crippen molar-refractivity contribution in [2.45, 2.75) is 19.0 Å². The average Bonchev–Trinajstić information content (AvgIpc) is 2.21. The summed E-state index contributed by atoms with van der Waals surface area (Å²) in [7, 11) is 0. The van der Waals surface area contributed by atoms with Crippen LogP contribution in [0.3, 0.4) is 0 Å². The number of ether oxygens (including phenoxy) is 1. The lowest BCUT2D eigenvalue weighted by Gasteiger charge is -2.21. The molecule has 0 aliphatic heterocycles. The van der Waals surface area contributed by atoms with E-state index in [-0.39, 0.29) is 6.54 Å². The van der Waals surface area contributed by atoms with Crippen LogP contribution in [0.2, 0.25) is 0 Å². The van der Waals surface area contributed by atoms with Gasteiger partial charge in [-0.15, -0.1) is 0 Å². The van der Waals surface area contributed by atoms with E-state index < -0.39 is 51.3 Å². The van der Waals surface area contributed by atoms with E-state index in [4.69, 9.17) is 5.11 Å². The molecule has 0 aliphatic carbocycles. The number of halogens is 5. The second-order valence-corrected chi connectivity index (χ2v) is 3.37. The number of carbonyl (C=O) groups excluding carboxylic acids is 1. The molecule has 0 saturated carbocycles. The molecule has 0 unspecified atom stereocenters. The number of rotatable bonds is 8. The summed E-state index contributed by atoms with van der Waals surface area (Å²) in [5.41, 5.74) is 0. The summed E-state index contributed by atoms with van der Waals surface area (Å²) in [5.74, 6) is -0.786. The molecule has 1 N–H and O–H groups in total. The Morgan fingerprint density at radius 3 is 2.39 bits per heavy atom. The lowest BCUT2D eigenvalue weighted by Crippen LogP contribution is -2.37. The zero-order valence-corrected chi connectivity index (χ0v) is 9.42. The van der Waals surface area contributed by atoms with Gasteiger partial charge in [-0.05, 0) is 0 Å². The van der Waals surface area contributed by atoms with Gasteiger partial charge in [0.25, 0.3) is 6.43 Å². The molecule has 1 amide bonds. The molecule has 18 heavy (non-hydrogen) atoms. The topological polar surface area (TPSA) is 49.8 Å². The number of aliphatic hydroxyl groups excluding tert-OH is 1. The fourth-order valence-corrected chi connectivity index (χ4v) is 1.11. The van der Waals surface area contributed by atoms with Crippen molar-refractivity contribution in [1.82, 2.24) is 4.90 Å². The highest BCUT2D eigenvalue weighted by molar-refractivity contribution is 5.76. The SMILES string of the molecule is O=C(CCOCC(F)(F)F)N(CCO)CC(F)F. The van der Waals surface area contributed by atoms with Crippen LogP contribution in [0, 0.1) is 0 Å². The standard InChI is InChI=1S/C9H14F5NO3/c10-7(11)5-15(2-3-16)8(17)1-4-18-6-9(12,13)14/h7,16H,1-6H2. The van der Waals surface area contributed by atoms with Crippen molar-refractivity contribution >= 4 is 5.91 Å². The van der Waals surface area contributed by atoms with E-state index in [2.05, 4.69) is 4.74 Å². The van der Waals surface area contributed by atoms with Crippen LogP contribution in [0.5, 0.6) is 0 Å². The highest BCUT2D eigenvalue weighted by Crippen LogP contribution is 2.14. The Balaban J connectivity index is 3.95. The summed E-state index contributed by atoms with van der Waals surface area (Å²) in [4.78, 5) is 12.0. The third-order valence-corrected chi connectivity index (χ3v) is 1.81. The first-order chi connectivity index (χ1) is 8.26. The van der Waals surface area contributed by atoms with Crippen LogP contribution in [-0.2, 0) is 9.53 Å². The molecular weight excluding hydrogens is 265 g/mol. The predicted molar refractivity (Wildman–Crippen MR) is 51.2 cm³/mol. The highest BCUT2D eigenvalue weighted by atomic mass is 19.4. The van der Waals surface area contributed by atoms with E-state index in [1.165, 1.54) is 0 Å². The molecule has 0 radical (unpaired) electrons. The molecule has 108 valence electrons. The minimum absolute atomic E-state index is 0.289. The van der Waals surface area contributed by atoms with Crippen molar-refractivity contribution in [2.75, 3.05) is 32.9 Å². The Labute approximate surface area is 100 Å². The number of amides is 1. The molecular formula is C9H14F5NO3. The van der Waals surface area contributed by atoms with E-state index >= 15 is 0 Å². The molecule has 9 heteroatoms. The molecule has 4 nitrogen and oxygen atoms in total. The van der Waals surface area contributed by atoms with Crippen molar-refractivity contribution in [3.8, 4) is 0 Å². The second kappa shape index (κ2) is 8.20. The fraction of sp³-hybridized carbons (Fsp3) is 0.889. The van der Waals surface area contributed by atoms with Crippen molar-refractivity contribution in [1.29, 1.82) is 0 Å². The summed E-state index contributed by atoms with van der Waals surface area (Å²) in [6.45, 7) is -3.65. The quantitative estimate of drug-likeness (QED) is 0.533. The van der Waals surface area contributed by atoms with Gasteiger partial charge in [-0.25, -0.2) is 8.78 Å². The summed E-state index contributed by atoms with van der Waals surface area (Å²) in [6, 6.07) is 0. The maximum absolute atomic E-state index is 12.1. The first-order valence-corrected chi connectivity index (χ1v) is 5.07. The van der Waals surface area contributed by atoms with Gasteiger partial charge in [0.15, 0.2) is 0 Å². The number of alkyl halides is 5. The number of carbonyl (C=O) groups is 1. The Kier molecular flexibility index (Phi) is 7.76. The normalized spacial score (nSPS) is 11.9. The third kappa shape index (κ3) is 9.11. The number of hydrogen-bond acceptors (Lipinski definition) is 3. The van der Waals surface area contributed by atoms with E-state index in [9.17, 15) is 26.7 Å². The molecule has 0 atom stereocenters. The van der Waals surface area contributed by atoms with Gasteiger partial charge >= 0.3 is 6.18 Å². The van der Waals surface area contributed by atoms with Gasteiger partial charge in [0.1, 0.15) is 6.61 Å². The molecule has 0 rings (SSSR count). The van der Waals surface area contributed by atoms with E-state index in [1.54, 1.807) is 0 Å². The van der Waals surface area contributed by atoms with Gasteiger partial charge in [0.2, 0.25) is 5.91 Å². The minimum atomic E-state index is -4.49. The van der Waals surface area contributed by atoms with Gasteiger partial charge in [-0.3, -0.25) is 4.79 Å². The van der Waals surface area contributed by atoms with Crippen LogP contribution in [0.4, 0.5) is 22.0 Å². The summed E-state index contributed by atoms with van der Waals surface area (Å²) in [5, 5.41) is 8.56. The van der Waals surface area contributed by atoms with Crippen LogP contribution in [0.15, 0.2) is 0 Å². The molecule has 0 aliphatic rings. The largest absolute Gasteiger partial charge is 0.411 e. The van der Waals surface area contributed by atoms with Gasteiger partial charge in [-0.1, -0.05) is 0 Å². The molecule has 0 aromatic carbocycles. The monoisotopic (exact) mass is 279 g/mol. The summed E-state index contributed by atoms with van der Waals surface area (Å²) >= 11 is 0. The highest BCUT2D eigenvalue weighted by Gasteiger charge is 2.27. The fourth-order valence-electron chi connectivity index (χ4n) is 1.11. The zero-order chi connectivity index (χ0) is 14.2. The number of nitrogens with zero attached hydrogens (tertiary/aromatic N) is 1. The first kappa shape index (κ1) is 17.0. The Morgan fingerprint density at radius 2 is 1.94 bits per heavy atom. The molecule has 0 aromatic heterocycles.